The number of halogens is 1. The van der Waals surface area contributed by atoms with E-state index in [4.69, 9.17) is 11.6 Å². The van der Waals surface area contributed by atoms with E-state index in [9.17, 15) is 18.9 Å². The second-order valence-corrected chi connectivity index (χ2v) is 9.81. The van der Waals surface area contributed by atoms with Gasteiger partial charge in [0.25, 0.3) is 5.69 Å². The molecule has 8 heteroatoms. The lowest BCUT2D eigenvalue weighted by Crippen LogP contribution is -2.17. The van der Waals surface area contributed by atoms with Crippen LogP contribution in [0.4, 0.5) is 5.69 Å². The molecule has 1 rings (SSSR count). The number of rotatable bonds is 19. The van der Waals surface area contributed by atoms with Crippen molar-refractivity contribution >= 4 is 28.6 Å². The number of nitrogens with zero attached hydrogens (tertiary/aromatic N) is 1. The van der Waals surface area contributed by atoms with Crippen molar-refractivity contribution in [2.24, 2.45) is 0 Å². The Hall–Kier alpha value is -1.02. The van der Waals surface area contributed by atoms with E-state index >= 15 is 0 Å². The number of aryl methyl sites for hydroxylation is 1. The molecule has 1 unspecified atom stereocenters. The summed E-state index contributed by atoms with van der Waals surface area (Å²) in [5.41, 5.74) is 0.799. The summed E-state index contributed by atoms with van der Waals surface area (Å²) in [6, 6.07) is 4.70. The molecule has 192 valence electrons. The van der Waals surface area contributed by atoms with Crippen LogP contribution in [0.5, 0.6) is 0 Å². The van der Waals surface area contributed by atoms with E-state index in [1.54, 1.807) is 13.0 Å². The second kappa shape index (κ2) is 22.8. The molecule has 0 amide bonds. The third kappa shape index (κ3) is 21.3. The first-order valence-corrected chi connectivity index (χ1v) is 14.1. The third-order valence-corrected chi connectivity index (χ3v) is 6.31. The van der Waals surface area contributed by atoms with Gasteiger partial charge in [0.15, 0.2) is 0 Å². The molecule has 0 aliphatic heterocycles. The zero-order valence-electron chi connectivity index (χ0n) is 20.6. The highest BCUT2D eigenvalue weighted by Gasteiger charge is 2.10. The molecule has 1 aromatic carbocycles. The van der Waals surface area contributed by atoms with Crippen LogP contribution in [0.1, 0.15) is 115 Å². The van der Waals surface area contributed by atoms with Crippen molar-refractivity contribution in [1.29, 1.82) is 0 Å². The molecule has 0 fully saturated rings. The number of nitro groups is 1. The minimum atomic E-state index is -2.08. The van der Waals surface area contributed by atoms with Crippen LogP contribution in [0.25, 0.3) is 0 Å². The van der Waals surface area contributed by atoms with E-state index in [2.05, 4.69) is 11.6 Å². The van der Waals surface area contributed by atoms with Gasteiger partial charge in [-0.15, -0.1) is 0 Å². The Labute approximate surface area is 208 Å². The minimum Gasteiger partial charge on any atom is -0.760 e. The van der Waals surface area contributed by atoms with Crippen LogP contribution in [0.2, 0.25) is 5.02 Å². The zero-order valence-corrected chi connectivity index (χ0v) is 22.2. The first-order valence-electron chi connectivity index (χ1n) is 12.6. The van der Waals surface area contributed by atoms with Gasteiger partial charge in [0.2, 0.25) is 0 Å². The second-order valence-electron chi connectivity index (χ2n) is 8.64. The quantitative estimate of drug-likeness (QED) is 0.0890. The van der Waals surface area contributed by atoms with Crippen LogP contribution in [-0.4, -0.2) is 20.2 Å². The van der Waals surface area contributed by atoms with E-state index in [1.165, 1.54) is 102 Å². The summed E-state index contributed by atoms with van der Waals surface area (Å²) in [6.07, 6.45) is 21.5. The van der Waals surface area contributed by atoms with Crippen LogP contribution in [0.3, 0.4) is 0 Å². The number of unbranched alkanes of at least 4 members (excludes halogenated alkanes) is 15. The van der Waals surface area contributed by atoms with Gasteiger partial charge in [0, 0.05) is 23.9 Å². The van der Waals surface area contributed by atoms with Gasteiger partial charge < -0.3 is 4.55 Å². The minimum absolute atomic E-state index is 0.0355. The van der Waals surface area contributed by atoms with Crippen LogP contribution in [0.15, 0.2) is 18.2 Å². The van der Waals surface area contributed by atoms with Crippen LogP contribution in [-0.2, 0) is 11.3 Å². The van der Waals surface area contributed by atoms with Crippen LogP contribution >= 0.6 is 11.6 Å². The van der Waals surface area contributed by atoms with Gasteiger partial charge in [-0.1, -0.05) is 121 Å². The largest absolute Gasteiger partial charge is 0.760 e. The molecule has 0 aliphatic rings. The van der Waals surface area contributed by atoms with Crippen molar-refractivity contribution in [2.45, 2.75) is 117 Å². The fourth-order valence-electron chi connectivity index (χ4n) is 3.59. The van der Waals surface area contributed by atoms with Gasteiger partial charge in [0.05, 0.1) is 4.92 Å². The summed E-state index contributed by atoms with van der Waals surface area (Å²) < 4.78 is 22.9. The molecule has 0 radical (unpaired) electrons. The molecule has 0 heterocycles. The maximum Gasteiger partial charge on any atom is 0.288 e. The van der Waals surface area contributed by atoms with E-state index in [1.807, 2.05) is 0 Å². The molecular weight excluding hydrogens is 460 g/mol. The summed E-state index contributed by atoms with van der Waals surface area (Å²) in [5, 5.41) is 10.5. The number of benzene rings is 1. The number of nitro benzene ring substituents is 1. The van der Waals surface area contributed by atoms with Gasteiger partial charge >= 0.3 is 0 Å². The summed E-state index contributed by atoms with van der Waals surface area (Å²) in [5.74, 6) is 0. The van der Waals surface area contributed by atoms with Crippen molar-refractivity contribution in [1.82, 2.24) is 4.72 Å². The first-order chi connectivity index (χ1) is 15.9. The molecule has 0 bridgehead atoms. The molecule has 0 aromatic heterocycles. The highest BCUT2D eigenvalue weighted by molar-refractivity contribution is 7.77. The van der Waals surface area contributed by atoms with Crippen LogP contribution in [0, 0.1) is 17.0 Å². The molecular formula is C25H44ClN2O4S-. The van der Waals surface area contributed by atoms with Crippen molar-refractivity contribution < 1.29 is 13.7 Å². The lowest BCUT2D eigenvalue weighted by atomic mass is 10.0. The highest BCUT2D eigenvalue weighted by atomic mass is 35.5. The maximum atomic E-state index is 10.3. The van der Waals surface area contributed by atoms with Gasteiger partial charge in [-0.05, 0) is 25.0 Å². The monoisotopic (exact) mass is 503 g/mol. The Morgan fingerprint density at radius 2 is 1.27 bits per heavy atom. The van der Waals surface area contributed by atoms with Crippen molar-refractivity contribution in [3.63, 3.8) is 0 Å². The van der Waals surface area contributed by atoms with Crippen molar-refractivity contribution in [2.75, 3.05) is 6.54 Å². The SMILES string of the molecule is CCCCCCCCCCCCCCCCCCNS(=O)[O-].Cc1ccc(Cl)c([N+](=O)[O-])c1. The lowest BCUT2D eigenvalue weighted by molar-refractivity contribution is -0.384. The summed E-state index contributed by atoms with van der Waals surface area (Å²) in [7, 11) is 0. The van der Waals surface area contributed by atoms with Gasteiger partial charge in [-0.2, -0.15) is 0 Å². The number of hydrogen-bond acceptors (Lipinski definition) is 4. The van der Waals surface area contributed by atoms with Gasteiger partial charge in [-0.3, -0.25) is 14.3 Å². The summed E-state index contributed by atoms with van der Waals surface area (Å²) in [6.45, 7) is 4.65. The topological polar surface area (TPSA) is 95.3 Å². The van der Waals surface area contributed by atoms with E-state index in [0.29, 0.717) is 6.54 Å². The summed E-state index contributed by atoms with van der Waals surface area (Å²) in [4.78, 5) is 9.80. The fraction of sp³-hybridized carbons (Fsp3) is 0.760. The fourth-order valence-corrected chi connectivity index (χ4v) is 4.09. The standard InChI is InChI=1S/C18H39NO2S.C7H6ClNO2/c1-2-3-4-5-6-7-8-9-10-11-12-13-14-15-16-17-18-19-22(20)21;1-5-2-3-6(8)7(4-5)9(10)11/h19H,2-18H2,1H3,(H,20,21);2-4H,1H3/p-1. The molecule has 0 saturated heterocycles. The van der Waals surface area contributed by atoms with E-state index in [0.717, 1.165) is 18.4 Å². The number of hydrogen-bond donors (Lipinski definition) is 1. The van der Waals surface area contributed by atoms with Crippen molar-refractivity contribution in [3.8, 4) is 0 Å². The Morgan fingerprint density at radius 3 is 1.64 bits per heavy atom. The van der Waals surface area contributed by atoms with E-state index < -0.39 is 16.2 Å². The highest BCUT2D eigenvalue weighted by Crippen LogP contribution is 2.24. The molecule has 0 saturated carbocycles. The predicted molar refractivity (Wildman–Crippen MR) is 139 cm³/mol. The summed E-state index contributed by atoms with van der Waals surface area (Å²) >= 11 is 3.47. The Bertz CT molecular complexity index is 647. The Kier molecular flexibility index (Phi) is 22.1. The molecule has 6 nitrogen and oxygen atoms in total. The molecule has 0 spiro atoms. The molecule has 1 N–H and O–H groups in total. The number of nitrogens with one attached hydrogen (secondary N) is 1. The average Bonchev–Trinajstić information content (AvgIpc) is 2.77. The predicted octanol–water partition coefficient (Wildman–Crippen LogP) is 8.19. The van der Waals surface area contributed by atoms with E-state index in [-0.39, 0.29) is 10.7 Å². The first kappa shape index (κ1) is 32.0. The van der Waals surface area contributed by atoms with Gasteiger partial charge in [0.1, 0.15) is 5.02 Å². The molecule has 1 atom stereocenters. The molecule has 33 heavy (non-hydrogen) atoms. The maximum absolute atomic E-state index is 10.3. The van der Waals surface area contributed by atoms with Crippen LogP contribution < -0.4 is 4.72 Å². The smallest absolute Gasteiger partial charge is 0.288 e. The normalized spacial score (nSPS) is 11.6. The molecule has 1 aromatic rings. The van der Waals surface area contributed by atoms with Crippen molar-refractivity contribution in [3.05, 3.63) is 38.9 Å². The molecule has 0 aliphatic carbocycles. The Morgan fingerprint density at radius 1 is 0.848 bits per heavy atom. The average molecular weight is 504 g/mol. The lowest BCUT2D eigenvalue weighted by Gasteiger charge is -2.06. The zero-order chi connectivity index (χ0) is 24.7. The third-order valence-electron chi connectivity index (χ3n) is 5.55. The Balaban J connectivity index is 0.000000771. The van der Waals surface area contributed by atoms with Gasteiger partial charge in [-0.25, -0.2) is 4.72 Å².